The van der Waals surface area contributed by atoms with Gasteiger partial charge in [-0.15, -0.1) is 0 Å². The van der Waals surface area contributed by atoms with Crippen LogP contribution in [-0.2, 0) is 6.61 Å². The molecule has 2 aromatic rings. The van der Waals surface area contributed by atoms with E-state index in [0.717, 1.165) is 11.1 Å². The summed E-state index contributed by atoms with van der Waals surface area (Å²) in [5.41, 5.74) is 1.71. The molecule has 4 nitrogen and oxygen atoms in total. The Hall–Kier alpha value is -2.07. The van der Waals surface area contributed by atoms with Crippen molar-refractivity contribution in [2.24, 2.45) is 0 Å². The number of benzene rings is 2. The molecule has 0 aliphatic heterocycles. The number of hydrogen-bond donors (Lipinski definition) is 0. The van der Waals surface area contributed by atoms with Gasteiger partial charge in [-0.2, -0.15) is 0 Å². The van der Waals surface area contributed by atoms with Crippen LogP contribution in [0.15, 0.2) is 42.5 Å². The molecule has 0 aromatic heterocycles. The van der Waals surface area contributed by atoms with Gasteiger partial charge in [0.25, 0.3) is 0 Å². The van der Waals surface area contributed by atoms with Gasteiger partial charge in [0, 0.05) is 11.1 Å². The topological polar surface area (TPSA) is 52.4 Å². The van der Waals surface area contributed by atoms with Crippen LogP contribution in [-0.4, -0.2) is 4.92 Å². The molecule has 0 atom stereocenters. The molecule has 0 fully saturated rings. The lowest BCUT2D eigenvalue weighted by Crippen LogP contribution is -1.99. The van der Waals surface area contributed by atoms with Gasteiger partial charge >= 0.3 is 5.69 Å². The van der Waals surface area contributed by atoms with Gasteiger partial charge in [0.15, 0.2) is 5.75 Å². The van der Waals surface area contributed by atoms with Crippen LogP contribution in [0, 0.1) is 17.0 Å². The average Bonchev–Trinajstić information content (AvgIpc) is 2.39. The maximum absolute atomic E-state index is 10.9. The van der Waals surface area contributed by atoms with E-state index in [1.54, 1.807) is 31.2 Å². The Balaban J connectivity index is 2.15. The van der Waals surface area contributed by atoms with Crippen molar-refractivity contribution >= 4 is 17.3 Å². The molecule has 0 aliphatic carbocycles. The fraction of sp³-hybridized carbons (Fsp3) is 0.143. The Morgan fingerprint density at radius 2 is 1.89 bits per heavy atom. The smallest absolute Gasteiger partial charge is 0.311 e. The second-order valence-corrected chi connectivity index (χ2v) is 4.58. The molecule has 0 aliphatic rings. The van der Waals surface area contributed by atoms with E-state index in [4.69, 9.17) is 16.3 Å². The molecule has 0 unspecified atom stereocenters. The molecule has 0 spiro atoms. The Morgan fingerprint density at radius 1 is 1.21 bits per heavy atom. The van der Waals surface area contributed by atoms with E-state index in [1.807, 2.05) is 12.1 Å². The van der Waals surface area contributed by atoms with E-state index in [0.29, 0.717) is 5.02 Å². The minimum Gasteiger partial charge on any atom is -0.482 e. The maximum atomic E-state index is 10.9. The van der Waals surface area contributed by atoms with Crippen molar-refractivity contribution in [1.82, 2.24) is 0 Å². The highest BCUT2D eigenvalue weighted by Gasteiger charge is 2.14. The van der Waals surface area contributed by atoms with E-state index in [2.05, 4.69) is 0 Å². The number of halogens is 1. The Bertz CT molecular complexity index is 596. The first-order valence-electron chi connectivity index (χ1n) is 5.68. The molecule has 2 rings (SSSR count). The number of nitro benzene ring substituents is 1. The van der Waals surface area contributed by atoms with Crippen LogP contribution in [0.1, 0.15) is 11.1 Å². The van der Waals surface area contributed by atoms with Crippen molar-refractivity contribution in [2.45, 2.75) is 13.5 Å². The van der Waals surface area contributed by atoms with Crippen LogP contribution >= 0.6 is 11.6 Å². The Kier molecular flexibility index (Phi) is 4.02. The van der Waals surface area contributed by atoms with Gasteiger partial charge in [0.05, 0.1) is 4.92 Å². The lowest BCUT2D eigenvalue weighted by Gasteiger charge is -2.07. The van der Waals surface area contributed by atoms with Gasteiger partial charge < -0.3 is 4.74 Å². The number of aryl methyl sites for hydroxylation is 1. The first-order chi connectivity index (χ1) is 9.06. The highest BCUT2D eigenvalue weighted by Crippen LogP contribution is 2.28. The number of ether oxygens (including phenoxy) is 1. The number of rotatable bonds is 4. The number of nitro groups is 1. The Morgan fingerprint density at radius 3 is 2.53 bits per heavy atom. The number of hydrogen-bond acceptors (Lipinski definition) is 3. The molecule has 0 saturated heterocycles. The third kappa shape index (κ3) is 3.45. The third-order valence-corrected chi connectivity index (χ3v) is 2.87. The van der Waals surface area contributed by atoms with Gasteiger partial charge in [-0.25, -0.2) is 0 Å². The van der Waals surface area contributed by atoms with Crippen molar-refractivity contribution < 1.29 is 9.66 Å². The molecule has 19 heavy (non-hydrogen) atoms. The fourth-order valence-electron chi connectivity index (χ4n) is 1.63. The summed E-state index contributed by atoms with van der Waals surface area (Å²) in [5, 5.41) is 11.6. The SMILES string of the molecule is Cc1ccc(OCc2ccc(Cl)cc2)c([N+](=O)[O-])c1. The van der Waals surface area contributed by atoms with Crippen LogP contribution in [0.4, 0.5) is 5.69 Å². The summed E-state index contributed by atoms with van der Waals surface area (Å²) in [6.07, 6.45) is 0. The highest BCUT2D eigenvalue weighted by atomic mass is 35.5. The molecular formula is C14H12ClNO3. The first-order valence-corrected chi connectivity index (χ1v) is 6.06. The van der Waals surface area contributed by atoms with Crippen molar-refractivity contribution in [3.8, 4) is 5.75 Å². The molecule has 0 bridgehead atoms. The molecule has 0 saturated carbocycles. The van der Waals surface area contributed by atoms with E-state index in [1.165, 1.54) is 6.07 Å². The molecule has 5 heteroatoms. The van der Waals surface area contributed by atoms with Crippen LogP contribution in [0.25, 0.3) is 0 Å². The van der Waals surface area contributed by atoms with E-state index in [9.17, 15) is 10.1 Å². The van der Waals surface area contributed by atoms with Gasteiger partial charge in [0.2, 0.25) is 0 Å². The van der Waals surface area contributed by atoms with Crippen LogP contribution in [0.3, 0.4) is 0 Å². The predicted octanol–water partition coefficient (Wildman–Crippen LogP) is 4.14. The molecule has 0 N–H and O–H groups in total. The zero-order valence-electron chi connectivity index (χ0n) is 10.3. The third-order valence-electron chi connectivity index (χ3n) is 2.62. The first kappa shape index (κ1) is 13.4. The fourth-order valence-corrected chi connectivity index (χ4v) is 1.76. The summed E-state index contributed by atoms with van der Waals surface area (Å²) in [4.78, 5) is 10.5. The van der Waals surface area contributed by atoms with Crippen LogP contribution < -0.4 is 4.74 Å². The van der Waals surface area contributed by atoms with E-state index >= 15 is 0 Å². The zero-order valence-corrected chi connectivity index (χ0v) is 11.1. The predicted molar refractivity (Wildman–Crippen MR) is 73.6 cm³/mol. The summed E-state index contributed by atoms with van der Waals surface area (Å²) in [7, 11) is 0. The lowest BCUT2D eigenvalue weighted by atomic mass is 10.2. The second-order valence-electron chi connectivity index (χ2n) is 4.14. The highest BCUT2D eigenvalue weighted by molar-refractivity contribution is 6.30. The van der Waals surface area contributed by atoms with Crippen molar-refractivity contribution in [2.75, 3.05) is 0 Å². The summed E-state index contributed by atoms with van der Waals surface area (Å²) < 4.78 is 5.49. The normalized spacial score (nSPS) is 10.2. The number of nitrogens with zero attached hydrogens (tertiary/aromatic N) is 1. The summed E-state index contributed by atoms with van der Waals surface area (Å²) in [5.74, 6) is 0.269. The van der Waals surface area contributed by atoms with Crippen molar-refractivity contribution in [1.29, 1.82) is 0 Å². The van der Waals surface area contributed by atoms with Crippen molar-refractivity contribution in [3.05, 3.63) is 68.7 Å². The molecule has 0 radical (unpaired) electrons. The summed E-state index contributed by atoms with van der Waals surface area (Å²) in [6, 6.07) is 12.0. The maximum Gasteiger partial charge on any atom is 0.311 e. The van der Waals surface area contributed by atoms with Gasteiger partial charge in [-0.05, 0) is 36.2 Å². The van der Waals surface area contributed by atoms with Gasteiger partial charge in [0.1, 0.15) is 6.61 Å². The molecule has 2 aromatic carbocycles. The minimum atomic E-state index is -0.440. The standard InChI is InChI=1S/C14H12ClNO3/c1-10-2-7-14(13(8-10)16(17)18)19-9-11-3-5-12(15)6-4-11/h2-8H,9H2,1H3. The zero-order chi connectivity index (χ0) is 13.8. The summed E-state index contributed by atoms with van der Waals surface area (Å²) >= 11 is 5.78. The molecule has 0 amide bonds. The Labute approximate surface area is 115 Å². The average molecular weight is 278 g/mol. The van der Waals surface area contributed by atoms with Gasteiger partial charge in [-0.1, -0.05) is 29.8 Å². The molecular weight excluding hydrogens is 266 g/mol. The summed E-state index contributed by atoms with van der Waals surface area (Å²) in [6.45, 7) is 2.07. The lowest BCUT2D eigenvalue weighted by molar-refractivity contribution is -0.386. The van der Waals surface area contributed by atoms with Crippen LogP contribution in [0.2, 0.25) is 5.02 Å². The second kappa shape index (κ2) is 5.71. The monoisotopic (exact) mass is 277 g/mol. The van der Waals surface area contributed by atoms with Gasteiger partial charge in [-0.3, -0.25) is 10.1 Å². The molecule has 0 heterocycles. The van der Waals surface area contributed by atoms with E-state index in [-0.39, 0.29) is 18.0 Å². The quantitative estimate of drug-likeness (QED) is 0.623. The largest absolute Gasteiger partial charge is 0.482 e. The minimum absolute atomic E-state index is 0.0195. The van der Waals surface area contributed by atoms with Crippen LogP contribution in [0.5, 0.6) is 5.75 Å². The van der Waals surface area contributed by atoms with Crippen molar-refractivity contribution in [3.63, 3.8) is 0 Å². The molecule has 98 valence electrons. The van der Waals surface area contributed by atoms with E-state index < -0.39 is 4.92 Å².